The van der Waals surface area contributed by atoms with Gasteiger partial charge in [0, 0.05) is 17.6 Å². The molecule has 4 N–H and O–H groups in total. The Kier molecular flexibility index (Phi) is 3.99. The number of rotatable bonds is 5. The largest absolute Gasteiger partial charge is 0.394 e. The zero-order chi connectivity index (χ0) is 13.0. The SMILES string of the molecule is NC(=O)c1ccccc1CNC1(CO)CCCC1. The van der Waals surface area contributed by atoms with Gasteiger partial charge in [-0.1, -0.05) is 31.0 Å². The molecule has 1 aliphatic carbocycles. The number of hydrogen-bond acceptors (Lipinski definition) is 3. The molecule has 98 valence electrons. The number of benzene rings is 1. The standard InChI is InChI=1S/C14H20N2O2/c15-13(18)12-6-2-1-5-11(12)9-16-14(10-17)7-3-4-8-14/h1-2,5-6,16-17H,3-4,7-10H2,(H2,15,18). The number of aliphatic hydroxyl groups excluding tert-OH is 1. The van der Waals surface area contributed by atoms with Crippen LogP contribution in [0, 0.1) is 0 Å². The molecule has 0 aliphatic heterocycles. The molecule has 0 heterocycles. The first-order chi connectivity index (χ1) is 8.67. The molecule has 0 atom stereocenters. The normalized spacial score (nSPS) is 17.8. The summed E-state index contributed by atoms with van der Waals surface area (Å²) in [4.78, 5) is 11.3. The van der Waals surface area contributed by atoms with Crippen molar-refractivity contribution in [2.75, 3.05) is 6.61 Å². The van der Waals surface area contributed by atoms with Crippen molar-refractivity contribution < 1.29 is 9.90 Å². The fourth-order valence-electron chi connectivity index (χ4n) is 2.64. The van der Waals surface area contributed by atoms with E-state index in [1.165, 1.54) is 0 Å². The fraction of sp³-hybridized carbons (Fsp3) is 0.500. The Bertz CT molecular complexity index is 426. The number of aliphatic hydroxyl groups is 1. The summed E-state index contributed by atoms with van der Waals surface area (Å²) in [5.41, 5.74) is 6.62. The average molecular weight is 248 g/mol. The molecule has 0 saturated heterocycles. The summed E-state index contributed by atoms with van der Waals surface area (Å²) < 4.78 is 0. The van der Waals surface area contributed by atoms with Crippen molar-refractivity contribution in [3.8, 4) is 0 Å². The van der Waals surface area contributed by atoms with E-state index in [1.54, 1.807) is 12.1 Å². The molecule has 4 nitrogen and oxygen atoms in total. The van der Waals surface area contributed by atoms with Crippen LogP contribution in [0.2, 0.25) is 0 Å². The van der Waals surface area contributed by atoms with Crippen molar-refractivity contribution in [1.29, 1.82) is 0 Å². The highest BCUT2D eigenvalue weighted by Gasteiger charge is 2.32. The Morgan fingerprint density at radius 2 is 2.00 bits per heavy atom. The summed E-state index contributed by atoms with van der Waals surface area (Å²) in [7, 11) is 0. The average Bonchev–Trinajstić information content (AvgIpc) is 2.86. The number of nitrogens with one attached hydrogen (secondary N) is 1. The van der Waals surface area contributed by atoms with Crippen LogP contribution in [0.5, 0.6) is 0 Å². The first-order valence-corrected chi connectivity index (χ1v) is 6.40. The van der Waals surface area contributed by atoms with Gasteiger partial charge in [-0.05, 0) is 24.5 Å². The van der Waals surface area contributed by atoms with Crippen molar-refractivity contribution in [3.05, 3.63) is 35.4 Å². The number of carbonyl (C=O) groups is 1. The van der Waals surface area contributed by atoms with Crippen LogP contribution < -0.4 is 11.1 Å². The summed E-state index contributed by atoms with van der Waals surface area (Å²) in [6, 6.07) is 7.33. The molecule has 2 rings (SSSR count). The number of carbonyl (C=O) groups excluding carboxylic acids is 1. The van der Waals surface area contributed by atoms with Gasteiger partial charge in [-0.15, -0.1) is 0 Å². The van der Waals surface area contributed by atoms with E-state index in [2.05, 4.69) is 5.32 Å². The Balaban J connectivity index is 2.08. The third-order valence-electron chi connectivity index (χ3n) is 3.80. The van der Waals surface area contributed by atoms with E-state index < -0.39 is 5.91 Å². The molecule has 4 heteroatoms. The van der Waals surface area contributed by atoms with Crippen LogP contribution in [-0.4, -0.2) is 23.2 Å². The molecular formula is C14H20N2O2. The van der Waals surface area contributed by atoms with Gasteiger partial charge in [0.15, 0.2) is 0 Å². The third kappa shape index (κ3) is 2.71. The topological polar surface area (TPSA) is 75.4 Å². The van der Waals surface area contributed by atoms with Crippen LogP contribution in [0.25, 0.3) is 0 Å². The second-order valence-electron chi connectivity index (χ2n) is 5.02. The van der Waals surface area contributed by atoms with Crippen molar-refractivity contribution in [2.24, 2.45) is 5.73 Å². The third-order valence-corrected chi connectivity index (χ3v) is 3.80. The van der Waals surface area contributed by atoms with Crippen molar-refractivity contribution in [1.82, 2.24) is 5.32 Å². The second kappa shape index (κ2) is 5.50. The maximum Gasteiger partial charge on any atom is 0.249 e. The van der Waals surface area contributed by atoms with E-state index in [0.717, 1.165) is 31.2 Å². The maximum absolute atomic E-state index is 11.3. The molecule has 0 radical (unpaired) electrons. The van der Waals surface area contributed by atoms with Crippen LogP contribution in [-0.2, 0) is 6.54 Å². The summed E-state index contributed by atoms with van der Waals surface area (Å²) in [5, 5.41) is 12.9. The lowest BCUT2D eigenvalue weighted by atomic mass is 9.97. The smallest absolute Gasteiger partial charge is 0.249 e. The van der Waals surface area contributed by atoms with Crippen LogP contribution in [0.1, 0.15) is 41.6 Å². The summed E-state index contributed by atoms with van der Waals surface area (Å²) >= 11 is 0. The molecule has 0 bridgehead atoms. The Morgan fingerprint density at radius 3 is 2.61 bits per heavy atom. The molecule has 1 aromatic carbocycles. The molecule has 1 amide bonds. The monoisotopic (exact) mass is 248 g/mol. The number of primary amides is 1. The minimum Gasteiger partial charge on any atom is -0.394 e. The fourth-order valence-corrected chi connectivity index (χ4v) is 2.64. The highest BCUT2D eigenvalue weighted by atomic mass is 16.3. The lowest BCUT2D eigenvalue weighted by Crippen LogP contribution is -2.45. The van der Waals surface area contributed by atoms with Crippen LogP contribution in [0.15, 0.2) is 24.3 Å². The molecule has 1 aromatic rings. The molecular weight excluding hydrogens is 228 g/mol. The summed E-state index contributed by atoms with van der Waals surface area (Å²) in [6.07, 6.45) is 4.26. The first-order valence-electron chi connectivity index (χ1n) is 6.40. The summed E-state index contributed by atoms with van der Waals surface area (Å²) in [6.45, 7) is 0.714. The van der Waals surface area contributed by atoms with Crippen LogP contribution in [0.3, 0.4) is 0 Å². The quantitative estimate of drug-likeness (QED) is 0.732. The Labute approximate surface area is 107 Å². The van der Waals surface area contributed by atoms with Gasteiger partial charge in [-0.2, -0.15) is 0 Å². The highest BCUT2D eigenvalue weighted by Crippen LogP contribution is 2.29. The van der Waals surface area contributed by atoms with Gasteiger partial charge in [-0.25, -0.2) is 0 Å². The Hall–Kier alpha value is -1.39. The van der Waals surface area contributed by atoms with Crippen molar-refractivity contribution in [2.45, 2.75) is 37.8 Å². The van der Waals surface area contributed by atoms with Gasteiger partial charge in [0.1, 0.15) is 0 Å². The van der Waals surface area contributed by atoms with Gasteiger partial charge in [0.05, 0.1) is 6.61 Å². The zero-order valence-electron chi connectivity index (χ0n) is 10.5. The lowest BCUT2D eigenvalue weighted by molar-refractivity contribution is 0.0998. The van der Waals surface area contributed by atoms with Gasteiger partial charge in [0.25, 0.3) is 0 Å². The number of amides is 1. The number of nitrogens with two attached hydrogens (primary N) is 1. The van der Waals surface area contributed by atoms with Gasteiger partial charge >= 0.3 is 0 Å². The van der Waals surface area contributed by atoms with Crippen LogP contribution in [0.4, 0.5) is 0 Å². The van der Waals surface area contributed by atoms with Gasteiger partial charge in [0.2, 0.25) is 5.91 Å². The summed E-state index contributed by atoms with van der Waals surface area (Å²) in [5.74, 6) is -0.406. The molecule has 18 heavy (non-hydrogen) atoms. The molecule has 0 aromatic heterocycles. The van der Waals surface area contributed by atoms with E-state index >= 15 is 0 Å². The number of hydrogen-bond donors (Lipinski definition) is 3. The van der Waals surface area contributed by atoms with Crippen LogP contribution >= 0.6 is 0 Å². The van der Waals surface area contributed by atoms with E-state index in [1.807, 2.05) is 12.1 Å². The molecule has 0 spiro atoms. The van der Waals surface area contributed by atoms with E-state index in [-0.39, 0.29) is 12.1 Å². The van der Waals surface area contributed by atoms with Gasteiger partial charge < -0.3 is 16.2 Å². The minimum absolute atomic E-state index is 0.145. The molecule has 0 unspecified atom stereocenters. The van der Waals surface area contributed by atoms with Crippen molar-refractivity contribution >= 4 is 5.91 Å². The maximum atomic E-state index is 11.3. The lowest BCUT2D eigenvalue weighted by Gasteiger charge is -2.28. The Morgan fingerprint density at radius 1 is 1.33 bits per heavy atom. The molecule has 1 saturated carbocycles. The van der Waals surface area contributed by atoms with E-state index in [9.17, 15) is 9.90 Å². The van der Waals surface area contributed by atoms with E-state index in [0.29, 0.717) is 12.1 Å². The zero-order valence-corrected chi connectivity index (χ0v) is 10.5. The van der Waals surface area contributed by atoms with Gasteiger partial charge in [-0.3, -0.25) is 4.79 Å². The highest BCUT2D eigenvalue weighted by molar-refractivity contribution is 5.94. The molecule has 1 aliphatic rings. The minimum atomic E-state index is -0.406. The second-order valence-corrected chi connectivity index (χ2v) is 5.02. The predicted octanol–water partition coefficient (Wildman–Crippen LogP) is 1.18. The van der Waals surface area contributed by atoms with E-state index in [4.69, 9.17) is 5.73 Å². The predicted molar refractivity (Wildman–Crippen MR) is 70.1 cm³/mol. The van der Waals surface area contributed by atoms with Crippen molar-refractivity contribution in [3.63, 3.8) is 0 Å². The first kappa shape index (κ1) is 13.1. The molecule has 1 fully saturated rings.